The Bertz CT molecular complexity index is 693. The molecule has 0 radical (unpaired) electrons. The van der Waals surface area contributed by atoms with Gasteiger partial charge in [0.1, 0.15) is 5.82 Å². The molecular formula is C20H22FNO2. The van der Waals surface area contributed by atoms with E-state index in [0.717, 1.165) is 12.0 Å². The van der Waals surface area contributed by atoms with Crippen LogP contribution >= 0.6 is 0 Å². The summed E-state index contributed by atoms with van der Waals surface area (Å²) in [5.74, 6) is -0.695. The number of halogens is 1. The minimum absolute atomic E-state index is 0.0565. The number of benzene rings is 2. The number of carbonyl (C=O) groups is 2. The fourth-order valence-corrected chi connectivity index (χ4v) is 2.49. The summed E-state index contributed by atoms with van der Waals surface area (Å²) in [5.41, 5.74) is 2.65. The SMILES string of the molecule is CC[C@H](NC(=O)CCC(=O)c1ccc(F)cc1)c1ccc(C)cc1. The van der Waals surface area contributed by atoms with Crippen molar-refractivity contribution < 1.29 is 14.0 Å². The third kappa shape index (κ3) is 5.01. The highest BCUT2D eigenvalue weighted by Gasteiger charge is 2.14. The second kappa shape index (κ2) is 8.39. The van der Waals surface area contributed by atoms with Crippen LogP contribution in [0.15, 0.2) is 48.5 Å². The van der Waals surface area contributed by atoms with Crippen molar-refractivity contribution in [1.82, 2.24) is 5.32 Å². The van der Waals surface area contributed by atoms with Crippen molar-refractivity contribution >= 4 is 11.7 Å². The van der Waals surface area contributed by atoms with Gasteiger partial charge in [-0.25, -0.2) is 4.39 Å². The molecule has 0 aliphatic heterocycles. The molecular weight excluding hydrogens is 305 g/mol. The zero-order valence-corrected chi connectivity index (χ0v) is 14.0. The number of hydrogen-bond acceptors (Lipinski definition) is 2. The van der Waals surface area contributed by atoms with Gasteiger partial charge >= 0.3 is 0 Å². The molecule has 2 aromatic rings. The molecule has 0 aliphatic carbocycles. The first-order chi connectivity index (χ1) is 11.5. The Hall–Kier alpha value is -2.49. The van der Waals surface area contributed by atoms with Crippen molar-refractivity contribution in [2.24, 2.45) is 0 Å². The van der Waals surface area contributed by atoms with Crippen LogP contribution in [-0.2, 0) is 4.79 Å². The van der Waals surface area contributed by atoms with Crippen molar-refractivity contribution in [2.45, 2.75) is 39.2 Å². The molecule has 0 unspecified atom stereocenters. The number of rotatable bonds is 7. The average molecular weight is 327 g/mol. The molecule has 126 valence electrons. The van der Waals surface area contributed by atoms with E-state index in [1.807, 2.05) is 38.1 Å². The quantitative estimate of drug-likeness (QED) is 0.768. The molecule has 1 atom stereocenters. The molecule has 24 heavy (non-hydrogen) atoms. The summed E-state index contributed by atoms with van der Waals surface area (Å²) in [4.78, 5) is 24.1. The minimum atomic E-state index is -0.381. The van der Waals surface area contributed by atoms with Gasteiger partial charge in [0.25, 0.3) is 0 Å². The summed E-state index contributed by atoms with van der Waals surface area (Å²) < 4.78 is 12.9. The Morgan fingerprint density at radius 2 is 1.62 bits per heavy atom. The van der Waals surface area contributed by atoms with Crippen molar-refractivity contribution in [3.8, 4) is 0 Å². The lowest BCUT2D eigenvalue weighted by atomic mass is 10.0. The first kappa shape index (κ1) is 17.9. The molecule has 0 spiro atoms. The van der Waals surface area contributed by atoms with E-state index >= 15 is 0 Å². The van der Waals surface area contributed by atoms with E-state index in [0.29, 0.717) is 5.56 Å². The number of Topliss-reactive ketones (excluding diaryl/α,β-unsaturated/α-hetero) is 1. The number of ketones is 1. The van der Waals surface area contributed by atoms with E-state index in [2.05, 4.69) is 5.32 Å². The molecule has 0 saturated heterocycles. The van der Waals surface area contributed by atoms with Crippen LogP contribution in [0.5, 0.6) is 0 Å². The fourth-order valence-electron chi connectivity index (χ4n) is 2.49. The van der Waals surface area contributed by atoms with Crippen LogP contribution in [0.3, 0.4) is 0 Å². The molecule has 1 N–H and O–H groups in total. The summed E-state index contributed by atoms with van der Waals surface area (Å²) in [6, 6.07) is 13.4. The maximum Gasteiger partial charge on any atom is 0.220 e. The average Bonchev–Trinajstić information content (AvgIpc) is 2.59. The topological polar surface area (TPSA) is 46.2 Å². The van der Waals surface area contributed by atoms with Crippen molar-refractivity contribution in [1.29, 1.82) is 0 Å². The second-order valence-electron chi connectivity index (χ2n) is 5.87. The lowest BCUT2D eigenvalue weighted by Gasteiger charge is -2.17. The number of carbonyl (C=O) groups excluding carboxylic acids is 2. The third-order valence-electron chi connectivity index (χ3n) is 3.97. The summed E-state index contributed by atoms with van der Waals surface area (Å²) in [7, 11) is 0. The second-order valence-corrected chi connectivity index (χ2v) is 5.87. The lowest BCUT2D eigenvalue weighted by molar-refractivity contribution is -0.121. The normalized spacial score (nSPS) is 11.8. The van der Waals surface area contributed by atoms with Crippen LogP contribution in [-0.4, -0.2) is 11.7 Å². The lowest BCUT2D eigenvalue weighted by Crippen LogP contribution is -2.28. The van der Waals surface area contributed by atoms with Gasteiger partial charge in [-0.3, -0.25) is 9.59 Å². The van der Waals surface area contributed by atoms with Gasteiger partial charge < -0.3 is 5.32 Å². The number of nitrogens with one attached hydrogen (secondary N) is 1. The molecule has 0 aromatic heterocycles. The maximum absolute atomic E-state index is 12.9. The number of hydrogen-bond donors (Lipinski definition) is 1. The first-order valence-corrected chi connectivity index (χ1v) is 8.14. The van der Waals surface area contributed by atoms with E-state index in [1.54, 1.807) is 0 Å². The zero-order valence-electron chi connectivity index (χ0n) is 14.0. The van der Waals surface area contributed by atoms with E-state index < -0.39 is 0 Å². The standard InChI is InChI=1S/C20H22FNO2/c1-3-18(15-6-4-14(2)5-7-15)22-20(24)13-12-19(23)16-8-10-17(21)11-9-16/h4-11,18H,3,12-13H2,1-2H3,(H,22,24)/t18-/m0/s1. The number of aryl methyl sites for hydroxylation is 1. The van der Waals surface area contributed by atoms with Crippen LogP contribution < -0.4 is 5.32 Å². The molecule has 0 aliphatic rings. The van der Waals surface area contributed by atoms with Gasteiger partial charge in [0.15, 0.2) is 5.78 Å². The van der Waals surface area contributed by atoms with Gasteiger partial charge in [0, 0.05) is 18.4 Å². The van der Waals surface area contributed by atoms with Crippen LogP contribution in [0, 0.1) is 12.7 Å². The zero-order chi connectivity index (χ0) is 17.5. The summed E-state index contributed by atoms with van der Waals surface area (Å²) in [6.07, 6.45) is 1.01. The monoisotopic (exact) mass is 327 g/mol. The first-order valence-electron chi connectivity index (χ1n) is 8.14. The van der Waals surface area contributed by atoms with E-state index in [-0.39, 0.29) is 36.4 Å². The van der Waals surface area contributed by atoms with E-state index in [9.17, 15) is 14.0 Å². The van der Waals surface area contributed by atoms with Gasteiger partial charge in [-0.15, -0.1) is 0 Å². The molecule has 2 aromatic carbocycles. The highest BCUT2D eigenvalue weighted by molar-refractivity contribution is 5.97. The Morgan fingerprint density at radius 3 is 2.21 bits per heavy atom. The van der Waals surface area contributed by atoms with Gasteiger partial charge in [0.05, 0.1) is 6.04 Å². The van der Waals surface area contributed by atoms with Gasteiger partial charge in [-0.2, -0.15) is 0 Å². The molecule has 4 heteroatoms. The fraction of sp³-hybridized carbons (Fsp3) is 0.300. The Labute approximate surface area is 141 Å². The molecule has 2 rings (SSSR count). The van der Waals surface area contributed by atoms with Gasteiger partial charge in [-0.1, -0.05) is 36.8 Å². The predicted molar refractivity (Wildman–Crippen MR) is 92.3 cm³/mol. The molecule has 0 saturated carbocycles. The molecule has 1 amide bonds. The summed E-state index contributed by atoms with van der Waals surface area (Å²) in [5, 5.41) is 2.97. The summed E-state index contributed by atoms with van der Waals surface area (Å²) in [6.45, 7) is 4.03. The molecule has 3 nitrogen and oxygen atoms in total. The van der Waals surface area contributed by atoms with Crippen LogP contribution in [0.25, 0.3) is 0 Å². The highest BCUT2D eigenvalue weighted by atomic mass is 19.1. The third-order valence-corrected chi connectivity index (χ3v) is 3.97. The highest BCUT2D eigenvalue weighted by Crippen LogP contribution is 2.17. The van der Waals surface area contributed by atoms with Gasteiger partial charge in [-0.05, 0) is 43.2 Å². The molecule has 0 bridgehead atoms. The summed E-state index contributed by atoms with van der Waals surface area (Å²) >= 11 is 0. The Balaban J connectivity index is 1.88. The Morgan fingerprint density at radius 1 is 1.00 bits per heavy atom. The molecule has 0 heterocycles. The molecule has 0 fully saturated rings. The van der Waals surface area contributed by atoms with Crippen molar-refractivity contribution in [3.63, 3.8) is 0 Å². The van der Waals surface area contributed by atoms with Crippen LogP contribution in [0.2, 0.25) is 0 Å². The Kier molecular flexibility index (Phi) is 6.24. The number of amides is 1. The minimum Gasteiger partial charge on any atom is -0.349 e. The van der Waals surface area contributed by atoms with Crippen molar-refractivity contribution in [3.05, 3.63) is 71.0 Å². The van der Waals surface area contributed by atoms with Gasteiger partial charge in [0.2, 0.25) is 5.91 Å². The predicted octanol–water partition coefficient (Wildman–Crippen LogP) is 4.36. The van der Waals surface area contributed by atoms with Crippen LogP contribution in [0.4, 0.5) is 4.39 Å². The van der Waals surface area contributed by atoms with E-state index in [1.165, 1.54) is 29.8 Å². The van der Waals surface area contributed by atoms with E-state index in [4.69, 9.17) is 0 Å². The van der Waals surface area contributed by atoms with Crippen molar-refractivity contribution in [2.75, 3.05) is 0 Å². The smallest absolute Gasteiger partial charge is 0.220 e. The maximum atomic E-state index is 12.9. The van der Waals surface area contributed by atoms with Crippen LogP contribution in [0.1, 0.15) is 53.7 Å². The largest absolute Gasteiger partial charge is 0.349 e.